The average Bonchev–Trinajstić information content (AvgIpc) is 3.21. The predicted molar refractivity (Wildman–Crippen MR) is 138 cm³/mol. The molecule has 0 bridgehead atoms. The Bertz CT molecular complexity index is 981. The number of fused-ring (bicyclic) bond motifs is 1. The average molecular weight is 501 g/mol. The normalized spacial score (nSPS) is 14.6. The highest BCUT2D eigenvalue weighted by atomic mass is 16.7. The van der Waals surface area contributed by atoms with Crippen molar-refractivity contribution in [2.45, 2.75) is 64.7 Å². The molecule has 12 heteroatoms. The monoisotopic (exact) mass is 501 g/mol. The number of benzene rings is 1. The highest BCUT2D eigenvalue weighted by Crippen LogP contribution is 2.30. The van der Waals surface area contributed by atoms with Crippen LogP contribution in [0, 0.1) is 22.0 Å². The molecular weight excluding hydrogens is 465 g/mol. The molecule has 0 aliphatic heterocycles. The van der Waals surface area contributed by atoms with Crippen molar-refractivity contribution >= 4 is 30.3 Å². The second-order valence-electron chi connectivity index (χ2n) is 9.47. The van der Waals surface area contributed by atoms with Crippen molar-refractivity contribution in [1.82, 2.24) is 10.7 Å². The van der Waals surface area contributed by atoms with Crippen molar-refractivity contribution in [2.24, 2.45) is 22.6 Å². The lowest BCUT2D eigenvalue weighted by Gasteiger charge is -2.23. The van der Waals surface area contributed by atoms with Crippen LogP contribution in [0.3, 0.4) is 0 Å². The van der Waals surface area contributed by atoms with Crippen LogP contribution in [0.1, 0.15) is 63.5 Å². The van der Waals surface area contributed by atoms with Gasteiger partial charge in [-0.2, -0.15) is 0 Å². The van der Waals surface area contributed by atoms with Gasteiger partial charge in [-0.25, -0.2) is 15.1 Å². The van der Waals surface area contributed by atoms with Crippen molar-refractivity contribution < 1.29 is 24.7 Å². The number of guanidine groups is 1. The topological polar surface area (TPSA) is 180 Å². The van der Waals surface area contributed by atoms with E-state index in [1.807, 2.05) is 32.0 Å². The molecule has 0 spiro atoms. The molecule has 0 radical (unpaired) electrons. The first-order valence-electron chi connectivity index (χ1n) is 12.2. The van der Waals surface area contributed by atoms with E-state index >= 15 is 0 Å². The number of hydrazine groups is 1. The number of nitrogens with one attached hydrogen (secondary N) is 2. The van der Waals surface area contributed by atoms with E-state index in [0.29, 0.717) is 25.7 Å². The number of hydrogen-bond donors (Lipinski definition) is 5. The van der Waals surface area contributed by atoms with E-state index in [1.54, 1.807) is 5.43 Å². The minimum absolute atomic E-state index is 0.00300. The lowest BCUT2D eigenvalue weighted by molar-refractivity contribution is -0.525. The molecule has 1 aliphatic carbocycles. The minimum Gasteiger partial charge on any atom is -0.426 e. The SMILES string of the molecule is CC(C)C[C@H](NC(=O)[C@H](CCCN=C(N)N[N+](=O)[O-])CC(=O)CCC1=CCc2ccccc21)B(O)O. The number of allylic oxidation sites excluding steroid dienone is 2. The van der Waals surface area contributed by atoms with Crippen LogP contribution in [0.25, 0.3) is 5.57 Å². The van der Waals surface area contributed by atoms with Crippen molar-refractivity contribution in [3.05, 3.63) is 51.6 Å². The van der Waals surface area contributed by atoms with Crippen LogP contribution in [-0.4, -0.2) is 52.3 Å². The van der Waals surface area contributed by atoms with Crippen molar-refractivity contribution in [2.75, 3.05) is 6.54 Å². The third kappa shape index (κ3) is 9.78. The molecule has 0 fully saturated rings. The Morgan fingerprint density at radius 2 is 2.00 bits per heavy atom. The zero-order chi connectivity index (χ0) is 26.7. The molecule has 11 nitrogen and oxygen atoms in total. The summed E-state index contributed by atoms with van der Waals surface area (Å²) in [7, 11) is -1.72. The smallest absolute Gasteiger partial charge is 0.426 e. The summed E-state index contributed by atoms with van der Waals surface area (Å²) in [6.45, 7) is 3.94. The van der Waals surface area contributed by atoms with Gasteiger partial charge in [0.2, 0.25) is 5.91 Å². The quantitative estimate of drug-likeness (QED) is 0.0597. The van der Waals surface area contributed by atoms with Gasteiger partial charge in [0.1, 0.15) is 5.78 Å². The number of aliphatic imine (C=N–C) groups is 1. The van der Waals surface area contributed by atoms with Gasteiger partial charge in [0.15, 0.2) is 5.03 Å². The number of carbonyl (C=O) groups excluding carboxylic acids is 2. The van der Waals surface area contributed by atoms with Gasteiger partial charge in [0.25, 0.3) is 5.96 Å². The lowest BCUT2D eigenvalue weighted by Crippen LogP contribution is -2.49. The number of nitrogens with zero attached hydrogens (tertiary/aromatic N) is 2. The van der Waals surface area contributed by atoms with Crippen LogP contribution in [-0.2, 0) is 16.0 Å². The van der Waals surface area contributed by atoms with E-state index < -0.39 is 29.9 Å². The Hall–Kier alpha value is -3.25. The minimum atomic E-state index is -1.72. The Morgan fingerprint density at radius 3 is 2.67 bits per heavy atom. The number of hydrogen-bond acceptors (Lipinski definition) is 7. The van der Waals surface area contributed by atoms with E-state index in [4.69, 9.17) is 5.73 Å². The Kier molecular flexibility index (Phi) is 11.6. The van der Waals surface area contributed by atoms with Crippen LogP contribution in [0.5, 0.6) is 0 Å². The standard InChI is InChI=1S/C24H36BN5O6/c1-16(2)14-22(25(33)34)28-23(32)19(7-5-13-27-24(26)29-30(35)36)15-20(31)12-11-18-10-9-17-6-3-4-8-21(17)18/h3-4,6,8,10,16,19,22,33-34H,5,7,9,11-15H2,1-2H3,(H,28,32)(H3,26,27,29)/t19-,22+/m1/s1. The van der Waals surface area contributed by atoms with Crippen LogP contribution in [0.2, 0.25) is 0 Å². The molecule has 2 atom stereocenters. The van der Waals surface area contributed by atoms with Gasteiger partial charge in [-0.3, -0.25) is 9.59 Å². The molecule has 1 aromatic rings. The molecule has 1 aliphatic rings. The fourth-order valence-electron chi connectivity index (χ4n) is 4.30. The highest BCUT2D eigenvalue weighted by molar-refractivity contribution is 6.43. The summed E-state index contributed by atoms with van der Waals surface area (Å²) in [5, 5.41) is 31.6. The molecule has 0 unspecified atom stereocenters. The number of Topliss-reactive ketones (excluding diaryl/α,β-unsaturated/α-hetero) is 1. The molecule has 36 heavy (non-hydrogen) atoms. The van der Waals surface area contributed by atoms with E-state index in [-0.39, 0.29) is 37.0 Å². The zero-order valence-corrected chi connectivity index (χ0v) is 20.9. The predicted octanol–water partition coefficient (Wildman–Crippen LogP) is 1.40. The van der Waals surface area contributed by atoms with Crippen LogP contribution < -0.4 is 16.5 Å². The third-order valence-corrected chi connectivity index (χ3v) is 6.06. The molecule has 0 saturated heterocycles. The molecular formula is C24H36BN5O6. The summed E-state index contributed by atoms with van der Waals surface area (Å²) in [5.41, 5.74) is 10.7. The number of nitrogens with two attached hydrogens (primary N) is 1. The van der Waals surface area contributed by atoms with Crippen molar-refractivity contribution in [3.8, 4) is 0 Å². The van der Waals surface area contributed by atoms with Crippen LogP contribution in [0.4, 0.5) is 0 Å². The lowest BCUT2D eigenvalue weighted by atomic mass is 9.74. The first-order valence-corrected chi connectivity index (χ1v) is 12.2. The zero-order valence-electron chi connectivity index (χ0n) is 20.9. The first-order chi connectivity index (χ1) is 17.1. The maximum atomic E-state index is 13.0. The van der Waals surface area contributed by atoms with Crippen molar-refractivity contribution in [1.29, 1.82) is 0 Å². The fourth-order valence-corrected chi connectivity index (χ4v) is 4.30. The van der Waals surface area contributed by atoms with Gasteiger partial charge in [-0.05, 0) is 54.7 Å². The Labute approximate surface area is 211 Å². The van der Waals surface area contributed by atoms with E-state index in [0.717, 1.165) is 17.6 Å². The second-order valence-corrected chi connectivity index (χ2v) is 9.47. The summed E-state index contributed by atoms with van der Waals surface area (Å²) in [5.74, 6) is -2.28. The Balaban J connectivity index is 1.99. The maximum Gasteiger partial charge on any atom is 0.475 e. The molecule has 0 saturated carbocycles. The van der Waals surface area contributed by atoms with Gasteiger partial charge in [-0.15, -0.1) is 0 Å². The number of nitro groups is 1. The Morgan fingerprint density at radius 1 is 1.28 bits per heavy atom. The number of amides is 1. The maximum absolute atomic E-state index is 13.0. The number of ketones is 1. The van der Waals surface area contributed by atoms with E-state index in [1.165, 1.54) is 5.56 Å². The van der Waals surface area contributed by atoms with E-state index in [9.17, 15) is 29.8 Å². The van der Waals surface area contributed by atoms with Gasteiger partial charge >= 0.3 is 7.12 Å². The molecule has 1 amide bonds. The fraction of sp³-hybridized carbons (Fsp3) is 0.542. The third-order valence-electron chi connectivity index (χ3n) is 6.06. The number of carbonyl (C=O) groups is 2. The summed E-state index contributed by atoms with van der Waals surface area (Å²) >= 11 is 0. The first kappa shape index (κ1) is 29.0. The highest BCUT2D eigenvalue weighted by Gasteiger charge is 2.30. The second kappa shape index (κ2) is 14.3. The van der Waals surface area contributed by atoms with Gasteiger partial charge < -0.3 is 21.1 Å². The molecule has 6 N–H and O–H groups in total. The molecule has 196 valence electrons. The molecule has 1 aromatic carbocycles. The summed E-state index contributed by atoms with van der Waals surface area (Å²) in [4.78, 5) is 40.1. The molecule has 2 rings (SSSR count). The number of rotatable bonds is 15. The molecule has 0 aromatic heterocycles. The van der Waals surface area contributed by atoms with Crippen molar-refractivity contribution in [3.63, 3.8) is 0 Å². The summed E-state index contributed by atoms with van der Waals surface area (Å²) in [6.07, 6.45) is 4.87. The van der Waals surface area contributed by atoms with E-state index in [2.05, 4.69) is 22.5 Å². The summed E-state index contributed by atoms with van der Waals surface area (Å²) < 4.78 is 0. The van der Waals surface area contributed by atoms with Crippen LogP contribution >= 0.6 is 0 Å². The summed E-state index contributed by atoms with van der Waals surface area (Å²) in [6, 6.07) is 8.08. The van der Waals surface area contributed by atoms with Gasteiger partial charge in [0.05, 0.1) is 5.94 Å². The largest absolute Gasteiger partial charge is 0.475 e. The van der Waals surface area contributed by atoms with Gasteiger partial charge in [0, 0.05) is 25.3 Å². The molecule has 0 heterocycles. The van der Waals surface area contributed by atoms with Gasteiger partial charge in [-0.1, -0.05) is 49.6 Å². The van der Waals surface area contributed by atoms with Crippen LogP contribution in [0.15, 0.2) is 35.3 Å².